The molecule has 1 aliphatic rings. The third-order valence-corrected chi connectivity index (χ3v) is 6.92. The van der Waals surface area contributed by atoms with Gasteiger partial charge in [-0.25, -0.2) is 8.42 Å². The van der Waals surface area contributed by atoms with Crippen molar-refractivity contribution >= 4 is 39.1 Å². The zero-order valence-electron chi connectivity index (χ0n) is 15.3. The summed E-state index contributed by atoms with van der Waals surface area (Å²) in [6, 6.07) is 12.7. The van der Waals surface area contributed by atoms with Gasteiger partial charge in [-0.05, 0) is 49.4 Å². The number of piperidine rings is 1. The molecule has 1 saturated heterocycles. The van der Waals surface area contributed by atoms with Gasteiger partial charge in [0.05, 0.1) is 5.02 Å². The predicted molar refractivity (Wildman–Crippen MR) is 111 cm³/mol. The van der Waals surface area contributed by atoms with Gasteiger partial charge in [0.25, 0.3) is 0 Å². The molecular weight excluding hydrogens is 419 g/mol. The van der Waals surface area contributed by atoms with Crippen molar-refractivity contribution in [1.29, 1.82) is 0 Å². The molecule has 1 N–H and O–H groups in total. The molecule has 2 aromatic rings. The van der Waals surface area contributed by atoms with Crippen LogP contribution >= 0.6 is 23.2 Å². The van der Waals surface area contributed by atoms with Gasteiger partial charge in [0, 0.05) is 18.1 Å². The van der Waals surface area contributed by atoms with E-state index in [-0.39, 0.29) is 27.3 Å². The van der Waals surface area contributed by atoms with Crippen LogP contribution in [0.3, 0.4) is 0 Å². The molecule has 1 amide bonds. The van der Waals surface area contributed by atoms with E-state index < -0.39 is 16.1 Å². The van der Waals surface area contributed by atoms with Crippen molar-refractivity contribution in [2.75, 3.05) is 13.1 Å². The standard InChI is InChI=1S/C20H22Cl2N2O3S/c21-16-9-10-17(22)19(14-16)28(26,27)23-18(13-15-7-3-1-4-8-15)20(25)24-11-5-2-6-12-24/h1,3-4,7-10,14,18,23H,2,5-6,11-13H2/t18-/m1/s1. The van der Waals surface area contributed by atoms with E-state index in [1.807, 2.05) is 30.3 Å². The molecule has 0 bridgehead atoms. The van der Waals surface area contributed by atoms with Crippen molar-refractivity contribution in [2.24, 2.45) is 0 Å². The van der Waals surface area contributed by atoms with Crippen LogP contribution in [-0.2, 0) is 21.2 Å². The van der Waals surface area contributed by atoms with E-state index in [4.69, 9.17) is 23.2 Å². The molecule has 150 valence electrons. The fourth-order valence-electron chi connectivity index (χ4n) is 3.30. The van der Waals surface area contributed by atoms with Gasteiger partial charge in [-0.1, -0.05) is 53.5 Å². The van der Waals surface area contributed by atoms with Crippen LogP contribution < -0.4 is 4.72 Å². The first-order valence-corrected chi connectivity index (χ1v) is 11.4. The van der Waals surface area contributed by atoms with Crippen LogP contribution in [0, 0.1) is 0 Å². The van der Waals surface area contributed by atoms with Gasteiger partial charge < -0.3 is 4.90 Å². The van der Waals surface area contributed by atoms with Crippen molar-refractivity contribution in [1.82, 2.24) is 9.62 Å². The molecule has 0 unspecified atom stereocenters. The SMILES string of the molecule is O=C([C@@H](Cc1ccccc1)NS(=O)(=O)c1cc(Cl)ccc1Cl)N1CCCCC1. The summed E-state index contributed by atoms with van der Waals surface area (Å²) in [5.74, 6) is -0.217. The lowest BCUT2D eigenvalue weighted by molar-refractivity contribution is -0.133. The van der Waals surface area contributed by atoms with Crippen LogP contribution in [0.15, 0.2) is 53.4 Å². The highest BCUT2D eigenvalue weighted by molar-refractivity contribution is 7.89. The minimum atomic E-state index is -4.03. The second-order valence-corrected chi connectivity index (χ2v) is 9.35. The Morgan fingerprint density at radius 1 is 1.04 bits per heavy atom. The predicted octanol–water partition coefficient (Wildman–Crippen LogP) is 3.90. The van der Waals surface area contributed by atoms with Gasteiger partial charge in [-0.2, -0.15) is 4.72 Å². The molecule has 2 aromatic carbocycles. The van der Waals surface area contributed by atoms with Gasteiger partial charge in [-0.3, -0.25) is 4.79 Å². The van der Waals surface area contributed by atoms with E-state index in [0.29, 0.717) is 13.1 Å². The molecular formula is C20H22Cl2N2O3S. The highest BCUT2D eigenvalue weighted by atomic mass is 35.5. The molecule has 0 radical (unpaired) electrons. The van der Waals surface area contributed by atoms with Gasteiger partial charge in [0.2, 0.25) is 15.9 Å². The van der Waals surface area contributed by atoms with Crippen molar-refractivity contribution in [2.45, 2.75) is 36.6 Å². The first-order valence-electron chi connectivity index (χ1n) is 9.17. The number of rotatable bonds is 6. The summed E-state index contributed by atoms with van der Waals surface area (Å²) in [4.78, 5) is 14.7. The zero-order valence-corrected chi connectivity index (χ0v) is 17.6. The van der Waals surface area contributed by atoms with Gasteiger partial charge >= 0.3 is 0 Å². The molecule has 0 aliphatic carbocycles. The van der Waals surface area contributed by atoms with Crippen molar-refractivity contribution in [3.8, 4) is 0 Å². The lowest BCUT2D eigenvalue weighted by Crippen LogP contribution is -2.51. The van der Waals surface area contributed by atoms with E-state index in [1.54, 1.807) is 4.90 Å². The number of carbonyl (C=O) groups excluding carboxylic acids is 1. The lowest BCUT2D eigenvalue weighted by atomic mass is 10.0. The zero-order chi connectivity index (χ0) is 20.1. The Labute approximate surface area is 175 Å². The maximum absolute atomic E-state index is 13.1. The molecule has 1 heterocycles. The molecule has 1 fully saturated rings. The number of halogens is 2. The Morgan fingerprint density at radius 3 is 2.39 bits per heavy atom. The number of likely N-dealkylation sites (tertiary alicyclic amines) is 1. The Kier molecular flexibility index (Phi) is 6.99. The van der Waals surface area contributed by atoms with Crippen LogP contribution in [0.25, 0.3) is 0 Å². The smallest absolute Gasteiger partial charge is 0.242 e. The lowest BCUT2D eigenvalue weighted by Gasteiger charge is -2.30. The summed E-state index contributed by atoms with van der Waals surface area (Å²) in [6.45, 7) is 1.29. The molecule has 28 heavy (non-hydrogen) atoms. The molecule has 0 saturated carbocycles. The third-order valence-electron chi connectivity index (χ3n) is 4.73. The highest BCUT2D eigenvalue weighted by Crippen LogP contribution is 2.25. The fourth-order valence-corrected chi connectivity index (χ4v) is 5.25. The van der Waals surface area contributed by atoms with Crippen LogP contribution in [-0.4, -0.2) is 38.4 Å². The number of hydrogen-bond acceptors (Lipinski definition) is 3. The molecule has 8 heteroatoms. The van der Waals surface area contributed by atoms with E-state index in [2.05, 4.69) is 4.72 Å². The number of carbonyl (C=O) groups is 1. The average Bonchev–Trinajstić information content (AvgIpc) is 2.70. The van der Waals surface area contributed by atoms with Crippen molar-refractivity contribution in [3.05, 3.63) is 64.1 Å². The summed E-state index contributed by atoms with van der Waals surface area (Å²) in [6.07, 6.45) is 3.19. The maximum Gasteiger partial charge on any atom is 0.242 e. The Balaban J connectivity index is 1.89. The monoisotopic (exact) mass is 440 g/mol. The average molecular weight is 441 g/mol. The largest absolute Gasteiger partial charge is 0.341 e. The highest BCUT2D eigenvalue weighted by Gasteiger charge is 2.31. The van der Waals surface area contributed by atoms with E-state index >= 15 is 0 Å². The second kappa shape index (κ2) is 9.27. The number of hydrogen-bond donors (Lipinski definition) is 1. The van der Waals surface area contributed by atoms with E-state index in [0.717, 1.165) is 24.8 Å². The van der Waals surface area contributed by atoms with Crippen molar-refractivity contribution < 1.29 is 13.2 Å². The van der Waals surface area contributed by atoms with Gasteiger partial charge in [0.15, 0.2) is 0 Å². The molecule has 3 rings (SSSR count). The fraction of sp³-hybridized carbons (Fsp3) is 0.350. The quantitative estimate of drug-likeness (QED) is 0.740. The third kappa shape index (κ3) is 5.26. The number of sulfonamides is 1. The first-order chi connectivity index (χ1) is 13.4. The molecule has 1 atom stereocenters. The number of benzene rings is 2. The molecule has 1 aliphatic heterocycles. The molecule has 0 aromatic heterocycles. The van der Waals surface area contributed by atoms with Crippen LogP contribution in [0.4, 0.5) is 0 Å². The minimum Gasteiger partial charge on any atom is -0.341 e. The van der Waals surface area contributed by atoms with Crippen LogP contribution in [0.1, 0.15) is 24.8 Å². The number of nitrogens with one attached hydrogen (secondary N) is 1. The summed E-state index contributed by atoms with van der Waals surface area (Å²) >= 11 is 12.0. The Morgan fingerprint density at radius 2 is 1.71 bits per heavy atom. The van der Waals surface area contributed by atoms with Gasteiger partial charge in [-0.15, -0.1) is 0 Å². The second-order valence-electron chi connectivity index (χ2n) is 6.82. The van der Waals surface area contributed by atoms with E-state index in [9.17, 15) is 13.2 Å². The minimum absolute atomic E-state index is 0.0563. The maximum atomic E-state index is 13.1. The first kappa shape index (κ1) is 21.1. The molecule has 5 nitrogen and oxygen atoms in total. The topological polar surface area (TPSA) is 66.5 Å². The summed E-state index contributed by atoms with van der Waals surface area (Å²) in [7, 11) is -4.03. The summed E-state index contributed by atoms with van der Waals surface area (Å²) in [5, 5.41) is 0.313. The molecule has 0 spiro atoms. The Hall–Kier alpha value is -1.60. The summed E-state index contributed by atoms with van der Waals surface area (Å²) < 4.78 is 28.5. The van der Waals surface area contributed by atoms with Crippen LogP contribution in [0.2, 0.25) is 10.0 Å². The van der Waals surface area contributed by atoms with Gasteiger partial charge in [0.1, 0.15) is 10.9 Å². The number of nitrogens with zero attached hydrogens (tertiary/aromatic N) is 1. The van der Waals surface area contributed by atoms with E-state index in [1.165, 1.54) is 18.2 Å². The van der Waals surface area contributed by atoms with Crippen molar-refractivity contribution in [3.63, 3.8) is 0 Å². The number of amides is 1. The van der Waals surface area contributed by atoms with Crippen LogP contribution in [0.5, 0.6) is 0 Å². The Bertz CT molecular complexity index is 930. The summed E-state index contributed by atoms with van der Waals surface area (Å²) in [5.41, 5.74) is 0.873. The normalized spacial score (nSPS) is 16.0.